The van der Waals surface area contributed by atoms with Crippen LogP contribution in [-0.2, 0) is 4.79 Å². The van der Waals surface area contributed by atoms with Gasteiger partial charge in [-0.15, -0.1) is 17.0 Å². The van der Waals surface area contributed by atoms with Crippen molar-refractivity contribution in [2.45, 2.75) is 45.7 Å². The SMILES string of the molecule is Br.CC(C)(C)NC(C)(C)C(=O)CBr. The van der Waals surface area contributed by atoms with Crippen molar-refractivity contribution < 1.29 is 4.79 Å². The highest BCUT2D eigenvalue weighted by Crippen LogP contribution is 2.12. The second-order valence-electron chi connectivity index (χ2n) is 4.56. The first-order chi connectivity index (χ1) is 5.19. The van der Waals surface area contributed by atoms with Gasteiger partial charge in [-0.3, -0.25) is 4.79 Å². The number of hydrogen-bond donors (Lipinski definition) is 1. The molecule has 0 aromatic rings. The van der Waals surface area contributed by atoms with Gasteiger partial charge in [0.05, 0.1) is 10.9 Å². The van der Waals surface area contributed by atoms with Crippen molar-refractivity contribution >= 4 is 38.7 Å². The van der Waals surface area contributed by atoms with Crippen LogP contribution in [0.15, 0.2) is 0 Å². The molecule has 80 valence electrons. The first-order valence-electron chi connectivity index (χ1n) is 4.07. The number of Topliss-reactive ketones (excluding diaryl/α,β-unsaturated/α-hetero) is 1. The maximum Gasteiger partial charge on any atom is 0.162 e. The van der Waals surface area contributed by atoms with E-state index in [4.69, 9.17) is 0 Å². The molecule has 1 N–H and O–H groups in total. The normalized spacial score (nSPS) is 12.2. The van der Waals surface area contributed by atoms with Gasteiger partial charge in [-0.2, -0.15) is 0 Å². The fraction of sp³-hybridized carbons (Fsp3) is 0.889. The van der Waals surface area contributed by atoms with Gasteiger partial charge in [0.2, 0.25) is 0 Å². The fourth-order valence-electron chi connectivity index (χ4n) is 1.17. The van der Waals surface area contributed by atoms with E-state index in [0.717, 1.165) is 0 Å². The molecule has 0 fully saturated rings. The lowest BCUT2D eigenvalue weighted by molar-refractivity contribution is -0.122. The molecule has 0 aromatic heterocycles. The molecule has 0 unspecified atom stereocenters. The van der Waals surface area contributed by atoms with E-state index in [9.17, 15) is 4.79 Å². The molecule has 0 heterocycles. The van der Waals surface area contributed by atoms with Crippen molar-refractivity contribution in [3.8, 4) is 0 Å². The Balaban J connectivity index is 0. The monoisotopic (exact) mass is 315 g/mol. The Bertz CT molecular complexity index is 173. The smallest absolute Gasteiger partial charge is 0.162 e. The molecule has 0 saturated carbocycles. The molecule has 0 atom stereocenters. The first-order valence-corrected chi connectivity index (χ1v) is 5.20. The minimum atomic E-state index is -0.443. The molecule has 0 aromatic carbocycles. The van der Waals surface area contributed by atoms with Crippen molar-refractivity contribution in [3.05, 3.63) is 0 Å². The molecular weight excluding hydrogens is 298 g/mol. The zero-order valence-corrected chi connectivity index (χ0v) is 12.2. The molecule has 0 radical (unpaired) electrons. The Labute approximate surface area is 99.8 Å². The van der Waals surface area contributed by atoms with Crippen LogP contribution in [0.3, 0.4) is 0 Å². The summed E-state index contributed by atoms with van der Waals surface area (Å²) in [5.74, 6) is 0.178. The molecule has 0 spiro atoms. The van der Waals surface area contributed by atoms with Crippen LogP contribution in [0.2, 0.25) is 0 Å². The van der Waals surface area contributed by atoms with E-state index in [1.165, 1.54) is 0 Å². The third-order valence-electron chi connectivity index (χ3n) is 1.51. The topological polar surface area (TPSA) is 29.1 Å². The zero-order chi connectivity index (χ0) is 9.99. The van der Waals surface area contributed by atoms with Crippen molar-refractivity contribution in [1.29, 1.82) is 0 Å². The standard InChI is InChI=1S/C9H18BrNO.BrH/c1-8(2,3)11-9(4,5)7(12)6-10;/h11H,6H2,1-5H3;1H. The maximum absolute atomic E-state index is 11.4. The van der Waals surface area contributed by atoms with Gasteiger partial charge in [0.1, 0.15) is 0 Å². The lowest BCUT2D eigenvalue weighted by Crippen LogP contribution is -2.55. The Morgan fingerprint density at radius 3 is 1.85 bits per heavy atom. The van der Waals surface area contributed by atoms with Crippen LogP contribution in [0.1, 0.15) is 34.6 Å². The van der Waals surface area contributed by atoms with Crippen LogP contribution >= 0.6 is 32.9 Å². The number of ketones is 1. The summed E-state index contributed by atoms with van der Waals surface area (Å²) in [5, 5.41) is 3.67. The van der Waals surface area contributed by atoms with E-state index in [1.807, 2.05) is 13.8 Å². The number of nitrogens with one attached hydrogen (secondary N) is 1. The third kappa shape index (κ3) is 6.63. The molecule has 0 amide bonds. The lowest BCUT2D eigenvalue weighted by atomic mass is 9.95. The second kappa shape index (κ2) is 5.47. The van der Waals surface area contributed by atoms with Gasteiger partial charge >= 0.3 is 0 Å². The molecule has 0 aliphatic heterocycles. The Morgan fingerprint density at radius 1 is 1.23 bits per heavy atom. The summed E-state index contributed by atoms with van der Waals surface area (Å²) in [6.45, 7) is 9.96. The summed E-state index contributed by atoms with van der Waals surface area (Å²) >= 11 is 3.17. The van der Waals surface area contributed by atoms with Gasteiger partial charge in [0.15, 0.2) is 5.78 Å². The van der Waals surface area contributed by atoms with Crippen molar-refractivity contribution in [2.24, 2.45) is 0 Å². The molecule has 13 heavy (non-hydrogen) atoms. The highest BCUT2D eigenvalue weighted by atomic mass is 79.9. The van der Waals surface area contributed by atoms with Gasteiger partial charge < -0.3 is 5.32 Å². The first kappa shape index (κ1) is 16.0. The van der Waals surface area contributed by atoms with Gasteiger partial charge in [0.25, 0.3) is 0 Å². The van der Waals surface area contributed by atoms with Gasteiger partial charge in [0, 0.05) is 5.54 Å². The van der Waals surface area contributed by atoms with E-state index in [0.29, 0.717) is 5.33 Å². The number of rotatable bonds is 3. The molecule has 0 rings (SSSR count). The predicted molar refractivity (Wildman–Crippen MR) is 66.1 cm³/mol. The Kier molecular flexibility index (Phi) is 6.74. The van der Waals surface area contributed by atoms with E-state index < -0.39 is 5.54 Å². The number of halogens is 2. The van der Waals surface area contributed by atoms with Crippen LogP contribution in [0.5, 0.6) is 0 Å². The summed E-state index contributed by atoms with van der Waals surface area (Å²) in [7, 11) is 0. The predicted octanol–water partition coefficient (Wildman–Crippen LogP) is 2.70. The average Bonchev–Trinajstić information content (AvgIpc) is 1.80. The Hall–Kier alpha value is 0.590. The van der Waals surface area contributed by atoms with Crippen LogP contribution in [0.25, 0.3) is 0 Å². The minimum absolute atomic E-state index is 0. The maximum atomic E-state index is 11.4. The molecular formula is C9H19Br2NO. The third-order valence-corrected chi connectivity index (χ3v) is 2.02. The van der Waals surface area contributed by atoms with Crippen molar-refractivity contribution in [3.63, 3.8) is 0 Å². The van der Waals surface area contributed by atoms with Gasteiger partial charge in [-0.1, -0.05) is 15.9 Å². The van der Waals surface area contributed by atoms with Gasteiger partial charge in [-0.05, 0) is 34.6 Å². The number of alkyl halides is 1. The van der Waals surface area contributed by atoms with E-state index in [2.05, 4.69) is 42.0 Å². The second-order valence-corrected chi connectivity index (χ2v) is 5.12. The molecule has 2 nitrogen and oxygen atoms in total. The van der Waals surface area contributed by atoms with E-state index in [-0.39, 0.29) is 28.3 Å². The minimum Gasteiger partial charge on any atom is -0.301 e. The Morgan fingerprint density at radius 2 is 1.62 bits per heavy atom. The molecule has 0 aliphatic carbocycles. The largest absolute Gasteiger partial charge is 0.301 e. The zero-order valence-electron chi connectivity index (χ0n) is 8.90. The highest BCUT2D eigenvalue weighted by Gasteiger charge is 2.29. The van der Waals surface area contributed by atoms with Gasteiger partial charge in [-0.25, -0.2) is 0 Å². The number of carbonyl (C=O) groups is 1. The van der Waals surface area contributed by atoms with Crippen LogP contribution in [-0.4, -0.2) is 22.2 Å². The average molecular weight is 317 g/mol. The number of hydrogen-bond acceptors (Lipinski definition) is 2. The summed E-state index contributed by atoms with van der Waals surface area (Å²) in [6.07, 6.45) is 0. The summed E-state index contributed by atoms with van der Waals surface area (Å²) in [6, 6.07) is 0. The fourth-order valence-corrected chi connectivity index (χ4v) is 1.88. The summed E-state index contributed by atoms with van der Waals surface area (Å²) in [4.78, 5) is 11.4. The molecule has 4 heteroatoms. The van der Waals surface area contributed by atoms with Crippen LogP contribution in [0.4, 0.5) is 0 Å². The van der Waals surface area contributed by atoms with E-state index in [1.54, 1.807) is 0 Å². The summed E-state index contributed by atoms with van der Waals surface area (Å²) < 4.78 is 0. The quantitative estimate of drug-likeness (QED) is 0.811. The molecule has 0 bridgehead atoms. The molecule has 0 aliphatic rings. The summed E-state index contributed by atoms with van der Waals surface area (Å²) in [5.41, 5.74) is -0.469. The lowest BCUT2D eigenvalue weighted by Gasteiger charge is -2.33. The number of carbonyl (C=O) groups excluding carboxylic acids is 1. The van der Waals surface area contributed by atoms with Crippen molar-refractivity contribution in [1.82, 2.24) is 5.32 Å². The van der Waals surface area contributed by atoms with E-state index >= 15 is 0 Å². The molecule has 0 saturated heterocycles. The van der Waals surface area contributed by atoms with Crippen LogP contribution in [0, 0.1) is 0 Å². The highest BCUT2D eigenvalue weighted by molar-refractivity contribution is 9.09. The van der Waals surface area contributed by atoms with Crippen LogP contribution < -0.4 is 5.32 Å². The van der Waals surface area contributed by atoms with Crippen molar-refractivity contribution in [2.75, 3.05) is 5.33 Å².